The van der Waals surface area contributed by atoms with Crippen molar-refractivity contribution in [2.45, 2.75) is 41.5 Å². The number of rotatable bonds is 8. The highest BCUT2D eigenvalue weighted by Crippen LogP contribution is 2.56. The van der Waals surface area contributed by atoms with E-state index in [1.807, 2.05) is 53.7 Å². The van der Waals surface area contributed by atoms with Gasteiger partial charge in [-0.25, -0.2) is 0 Å². The molecule has 0 aliphatic heterocycles. The summed E-state index contributed by atoms with van der Waals surface area (Å²) in [5.74, 6) is 0.397. The van der Waals surface area contributed by atoms with Gasteiger partial charge in [0.15, 0.2) is 0 Å². The van der Waals surface area contributed by atoms with Crippen LogP contribution in [0.4, 0.5) is 0 Å². The number of methoxy groups -OCH3 is 2. The Hall–Kier alpha value is -2.39. The number of carbonyl (C=O) groups is 2. The molecule has 0 saturated heterocycles. The van der Waals surface area contributed by atoms with Gasteiger partial charge in [0.2, 0.25) is 18.2 Å². The predicted octanol–water partition coefficient (Wildman–Crippen LogP) is 5.94. The summed E-state index contributed by atoms with van der Waals surface area (Å²) in [6.45, 7) is 11.1. The van der Waals surface area contributed by atoms with Gasteiger partial charge in [-0.15, -0.1) is 0 Å². The largest absolute Gasteiger partial charge is 0.496 e. The van der Waals surface area contributed by atoms with Crippen LogP contribution >= 0.6 is 7.14 Å². The van der Waals surface area contributed by atoms with E-state index < -0.39 is 18.2 Å². The van der Waals surface area contributed by atoms with Crippen LogP contribution in [0, 0.1) is 33.6 Å². The Bertz CT molecular complexity index is 988. The zero-order valence-electron chi connectivity index (χ0n) is 19.1. The van der Waals surface area contributed by atoms with E-state index in [0.717, 1.165) is 22.3 Å². The minimum Gasteiger partial charge on any atom is -0.496 e. The quantitative estimate of drug-likeness (QED) is 0.485. The van der Waals surface area contributed by atoms with Gasteiger partial charge in [0.05, 0.1) is 14.2 Å². The molecule has 0 heterocycles. The van der Waals surface area contributed by atoms with Crippen molar-refractivity contribution in [1.82, 2.24) is 0 Å². The lowest BCUT2D eigenvalue weighted by molar-refractivity contribution is 0.103. The highest BCUT2D eigenvalue weighted by atomic mass is 31.2. The molecule has 2 rings (SSSR count). The summed E-state index contributed by atoms with van der Waals surface area (Å²) < 4.78 is 25.0. The zero-order chi connectivity index (χ0) is 22.8. The van der Waals surface area contributed by atoms with Crippen LogP contribution in [0.5, 0.6) is 11.5 Å². The number of benzene rings is 2. The molecule has 6 heteroatoms. The summed E-state index contributed by atoms with van der Waals surface area (Å²) in [6.07, 6.45) is -0.0163. The van der Waals surface area contributed by atoms with E-state index in [0.29, 0.717) is 5.56 Å². The van der Waals surface area contributed by atoms with Crippen molar-refractivity contribution in [1.29, 1.82) is 0 Å². The van der Waals surface area contributed by atoms with Crippen molar-refractivity contribution in [3.05, 3.63) is 57.6 Å². The number of hydrogen-bond donors (Lipinski definition) is 0. The van der Waals surface area contributed by atoms with Crippen molar-refractivity contribution in [3.63, 3.8) is 0 Å². The van der Waals surface area contributed by atoms with Crippen LogP contribution in [0.15, 0.2) is 24.3 Å². The summed E-state index contributed by atoms with van der Waals surface area (Å²) >= 11 is 0. The number of hydrogen-bond acceptors (Lipinski definition) is 5. The molecular formula is C24H31O5P. The fraction of sp³-hybridized carbons (Fsp3) is 0.417. The monoisotopic (exact) mass is 430 g/mol. The lowest BCUT2D eigenvalue weighted by Crippen LogP contribution is -2.19. The lowest BCUT2D eigenvalue weighted by atomic mass is 10.0. The Kier molecular flexibility index (Phi) is 7.31. The Balaban J connectivity index is 2.76. The molecule has 0 saturated carbocycles. The summed E-state index contributed by atoms with van der Waals surface area (Å²) in [5.41, 5.74) is 2.39. The second-order valence-electron chi connectivity index (χ2n) is 8.24. The van der Waals surface area contributed by atoms with E-state index >= 15 is 0 Å². The average Bonchev–Trinajstić information content (AvgIpc) is 2.64. The number of aryl methyl sites for hydroxylation is 4. The molecule has 0 bridgehead atoms. The minimum atomic E-state index is -4.00. The molecule has 0 aromatic heterocycles. The molecule has 0 radical (unpaired) electrons. The first-order valence-corrected chi connectivity index (χ1v) is 11.8. The Morgan fingerprint density at radius 2 is 1.20 bits per heavy atom. The van der Waals surface area contributed by atoms with E-state index in [4.69, 9.17) is 9.47 Å². The highest BCUT2D eigenvalue weighted by Gasteiger charge is 2.44. The van der Waals surface area contributed by atoms with Crippen LogP contribution in [0.1, 0.15) is 56.8 Å². The summed E-state index contributed by atoms with van der Waals surface area (Å²) in [7, 11) is -1.13. The maximum atomic E-state index is 14.2. The first-order valence-electron chi connectivity index (χ1n) is 9.95. The van der Waals surface area contributed by atoms with Gasteiger partial charge in [0.1, 0.15) is 17.1 Å². The van der Waals surface area contributed by atoms with Gasteiger partial charge in [0.25, 0.3) is 0 Å². The maximum Gasteiger partial charge on any atom is 0.236 e. The van der Waals surface area contributed by atoms with Crippen molar-refractivity contribution in [2.75, 3.05) is 20.4 Å². The molecule has 0 N–H and O–H groups in total. The fourth-order valence-electron chi connectivity index (χ4n) is 3.90. The second-order valence-corrected chi connectivity index (χ2v) is 10.9. The van der Waals surface area contributed by atoms with Crippen LogP contribution < -0.4 is 9.47 Å². The molecule has 0 aliphatic rings. The molecule has 0 amide bonds. The van der Waals surface area contributed by atoms with Gasteiger partial charge in [-0.05, 0) is 62.4 Å². The second kappa shape index (κ2) is 9.18. The molecule has 2 aromatic carbocycles. The topological polar surface area (TPSA) is 69.7 Å². The Morgan fingerprint density at radius 3 is 1.60 bits per heavy atom. The molecule has 30 heavy (non-hydrogen) atoms. The smallest absolute Gasteiger partial charge is 0.236 e. The first-order chi connectivity index (χ1) is 14.0. The molecule has 1 unspecified atom stereocenters. The zero-order valence-corrected chi connectivity index (χ0v) is 20.0. The third kappa shape index (κ3) is 4.52. The first kappa shape index (κ1) is 23.9. The third-order valence-corrected chi connectivity index (χ3v) is 8.04. The molecule has 2 aromatic rings. The van der Waals surface area contributed by atoms with Crippen LogP contribution in [0.3, 0.4) is 0 Å². The van der Waals surface area contributed by atoms with Crippen molar-refractivity contribution >= 4 is 18.2 Å². The lowest BCUT2D eigenvalue weighted by Gasteiger charge is -2.22. The van der Waals surface area contributed by atoms with Crippen molar-refractivity contribution in [3.8, 4) is 11.5 Å². The van der Waals surface area contributed by atoms with E-state index in [2.05, 4.69) is 0 Å². The third-order valence-electron chi connectivity index (χ3n) is 5.03. The Labute approximate surface area is 179 Å². The van der Waals surface area contributed by atoms with Crippen LogP contribution in [-0.4, -0.2) is 31.4 Å². The molecule has 0 fully saturated rings. The van der Waals surface area contributed by atoms with E-state index in [9.17, 15) is 14.2 Å². The molecule has 162 valence electrons. The van der Waals surface area contributed by atoms with Crippen LogP contribution in [-0.2, 0) is 4.57 Å². The van der Waals surface area contributed by atoms with Crippen molar-refractivity contribution in [2.24, 2.45) is 5.92 Å². The molecule has 0 aliphatic carbocycles. The normalized spacial score (nSPS) is 13.1. The minimum absolute atomic E-state index is 0.0163. The van der Waals surface area contributed by atoms with Crippen molar-refractivity contribution < 1.29 is 23.6 Å². The fourth-order valence-corrected chi connectivity index (χ4v) is 6.74. The van der Waals surface area contributed by atoms with E-state index in [1.54, 1.807) is 12.1 Å². The van der Waals surface area contributed by atoms with Crippen LogP contribution in [0.25, 0.3) is 0 Å². The SMILES string of the molecule is COc1cc(C)cc(OC)c1C(=O)P(=O)(CC(C)C)C(=O)c1c(C)cc(C)cc1C. The van der Waals surface area contributed by atoms with Gasteiger partial charge in [-0.1, -0.05) is 31.5 Å². The Morgan fingerprint density at radius 1 is 0.800 bits per heavy atom. The standard InChI is InChI=1S/C24H31O5P/c1-14(2)13-30(27,23(25)21-17(5)9-15(3)10-18(21)6)24(26)22-19(28-7)11-16(4)12-20(22)29-8/h9-12,14H,13H2,1-8H3. The summed E-state index contributed by atoms with van der Waals surface area (Å²) in [4.78, 5) is 27.4. The average molecular weight is 430 g/mol. The van der Waals surface area contributed by atoms with Gasteiger partial charge < -0.3 is 14.0 Å². The molecule has 5 nitrogen and oxygen atoms in total. The van der Waals surface area contributed by atoms with Gasteiger partial charge in [-0.2, -0.15) is 0 Å². The van der Waals surface area contributed by atoms with Gasteiger partial charge in [0, 0.05) is 11.7 Å². The number of ether oxygens (including phenoxy) is 2. The molecule has 0 spiro atoms. The number of carbonyl (C=O) groups excluding carboxylic acids is 2. The van der Waals surface area contributed by atoms with E-state index in [1.165, 1.54) is 14.2 Å². The molecule has 1 atom stereocenters. The summed E-state index contributed by atoms with van der Waals surface area (Å²) in [5, 5.41) is 0. The van der Waals surface area contributed by atoms with Crippen LogP contribution in [0.2, 0.25) is 0 Å². The van der Waals surface area contributed by atoms with Gasteiger partial charge >= 0.3 is 0 Å². The van der Waals surface area contributed by atoms with E-state index in [-0.39, 0.29) is 29.1 Å². The maximum absolute atomic E-state index is 14.2. The predicted molar refractivity (Wildman–Crippen MR) is 121 cm³/mol. The summed E-state index contributed by atoms with van der Waals surface area (Å²) in [6, 6.07) is 7.11. The molecular weight excluding hydrogens is 399 g/mol. The van der Waals surface area contributed by atoms with Gasteiger partial charge in [-0.3, -0.25) is 9.59 Å². The highest BCUT2D eigenvalue weighted by molar-refractivity contribution is 7.95.